The standard InChI is InChI=1S/C15H24N2O2/c1-15(2,3)17-14(19)11-16-13(9-10-18)12-7-5-4-6-8-12/h4-8,13,16,18H,9-11H2,1-3H3,(H,17,19). The zero-order chi connectivity index (χ0) is 14.3. The predicted octanol–water partition coefficient (Wildman–Crippen LogP) is 1.61. The van der Waals surface area contributed by atoms with E-state index in [0.717, 1.165) is 5.56 Å². The van der Waals surface area contributed by atoms with Crippen LogP contribution in [0.2, 0.25) is 0 Å². The smallest absolute Gasteiger partial charge is 0.234 e. The van der Waals surface area contributed by atoms with Crippen LogP contribution in [0, 0.1) is 0 Å². The summed E-state index contributed by atoms with van der Waals surface area (Å²) >= 11 is 0. The first-order valence-corrected chi connectivity index (χ1v) is 6.62. The molecule has 106 valence electrons. The van der Waals surface area contributed by atoms with E-state index in [4.69, 9.17) is 5.11 Å². The summed E-state index contributed by atoms with van der Waals surface area (Å²) in [6, 6.07) is 9.85. The fourth-order valence-corrected chi connectivity index (χ4v) is 1.88. The third-order valence-electron chi connectivity index (χ3n) is 2.64. The van der Waals surface area contributed by atoms with Gasteiger partial charge >= 0.3 is 0 Å². The molecular weight excluding hydrogens is 240 g/mol. The van der Waals surface area contributed by atoms with E-state index in [-0.39, 0.29) is 30.6 Å². The van der Waals surface area contributed by atoms with Gasteiger partial charge in [-0.3, -0.25) is 4.79 Å². The first-order valence-electron chi connectivity index (χ1n) is 6.62. The lowest BCUT2D eigenvalue weighted by Gasteiger charge is -2.23. The number of aliphatic hydroxyl groups excluding tert-OH is 1. The normalized spacial score (nSPS) is 13.1. The van der Waals surface area contributed by atoms with Gasteiger partial charge in [0.25, 0.3) is 0 Å². The number of nitrogens with one attached hydrogen (secondary N) is 2. The van der Waals surface area contributed by atoms with Gasteiger partial charge in [-0.15, -0.1) is 0 Å². The summed E-state index contributed by atoms with van der Waals surface area (Å²) in [5.41, 5.74) is 0.859. The minimum atomic E-state index is -0.224. The Morgan fingerprint density at radius 2 is 1.89 bits per heavy atom. The lowest BCUT2D eigenvalue weighted by atomic mass is 10.0. The maximum absolute atomic E-state index is 11.8. The lowest BCUT2D eigenvalue weighted by molar-refractivity contribution is -0.121. The molecule has 0 aromatic heterocycles. The average molecular weight is 264 g/mol. The molecule has 0 aliphatic heterocycles. The van der Waals surface area contributed by atoms with Crippen molar-refractivity contribution >= 4 is 5.91 Å². The summed E-state index contributed by atoms with van der Waals surface area (Å²) in [6.07, 6.45) is 0.590. The molecule has 0 spiro atoms. The van der Waals surface area contributed by atoms with Gasteiger partial charge < -0.3 is 15.7 Å². The van der Waals surface area contributed by atoms with Gasteiger partial charge in [0, 0.05) is 18.2 Å². The van der Waals surface area contributed by atoms with E-state index in [1.807, 2.05) is 51.1 Å². The summed E-state index contributed by atoms with van der Waals surface area (Å²) < 4.78 is 0. The molecule has 0 saturated carbocycles. The minimum Gasteiger partial charge on any atom is -0.396 e. The van der Waals surface area contributed by atoms with Crippen LogP contribution < -0.4 is 10.6 Å². The van der Waals surface area contributed by atoms with Crippen LogP contribution in [-0.4, -0.2) is 29.7 Å². The first-order chi connectivity index (χ1) is 8.92. The number of carbonyl (C=O) groups is 1. The van der Waals surface area contributed by atoms with Gasteiger partial charge in [-0.2, -0.15) is 0 Å². The Balaban J connectivity index is 2.54. The summed E-state index contributed by atoms with van der Waals surface area (Å²) in [5, 5.41) is 15.2. The number of carbonyl (C=O) groups excluding carboxylic acids is 1. The molecule has 0 aliphatic rings. The Morgan fingerprint density at radius 1 is 1.26 bits per heavy atom. The third-order valence-corrected chi connectivity index (χ3v) is 2.64. The van der Waals surface area contributed by atoms with E-state index in [9.17, 15) is 4.79 Å². The molecule has 1 atom stereocenters. The molecule has 1 amide bonds. The zero-order valence-electron chi connectivity index (χ0n) is 11.9. The quantitative estimate of drug-likeness (QED) is 0.731. The monoisotopic (exact) mass is 264 g/mol. The minimum absolute atomic E-state index is 0.00285. The Kier molecular flexibility index (Phi) is 5.99. The Hall–Kier alpha value is -1.39. The SMILES string of the molecule is CC(C)(C)NC(=O)CNC(CCO)c1ccccc1. The Morgan fingerprint density at radius 3 is 2.42 bits per heavy atom. The summed E-state index contributed by atoms with van der Waals surface area (Å²) in [7, 11) is 0. The third kappa shape index (κ3) is 6.36. The summed E-state index contributed by atoms with van der Waals surface area (Å²) in [4.78, 5) is 11.8. The molecule has 1 unspecified atom stereocenters. The Bertz CT molecular complexity index is 385. The molecule has 3 N–H and O–H groups in total. The topological polar surface area (TPSA) is 61.4 Å². The molecule has 1 aromatic rings. The number of aliphatic hydroxyl groups is 1. The van der Waals surface area contributed by atoms with Crippen molar-refractivity contribution in [3.05, 3.63) is 35.9 Å². The fraction of sp³-hybridized carbons (Fsp3) is 0.533. The highest BCUT2D eigenvalue weighted by molar-refractivity contribution is 5.78. The molecule has 0 fully saturated rings. The van der Waals surface area contributed by atoms with Crippen LogP contribution in [0.15, 0.2) is 30.3 Å². The maximum Gasteiger partial charge on any atom is 0.234 e. The maximum atomic E-state index is 11.8. The van der Waals surface area contributed by atoms with Crippen LogP contribution in [0.1, 0.15) is 38.8 Å². The summed E-state index contributed by atoms with van der Waals surface area (Å²) in [6.45, 7) is 6.19. The van der Waals surface area contributed by atoms with Crippen LogP contribution >= 0.6 is 0 Å². The van der Waals surface area contributed by atoms with Crippen molar-refractivity contribution in [1.82, 2.24) is 10.6 Å². The van der Waals surface area contributed by atoms with Gasteiger partial charge in [0.2, 0.25) is 5.91 Å². The molecule has 0 heterocycles. The lowest BCUT2D eigenvalue weighted by Crippen LogP contribution is -2.45. The molecule has 4 heteroatoms. The van der Waals surface area contributed by atoms with E-state index in [1.165, 1.54) is 0 Å². The van der Waals surface area contributed by atoms with Crippen molar-refractivity contribution in [2.45, 2.75) is 38.8 Å². The van der Waals surface area contributed by atoms with Crippen molar-refractivity contribution in [2.75, 3.05) is 13.2 Å². The molecule has 0 radical (unpaired) electrons. The predicted molar refractivity (Wildman–Crippen MR) is 76.8 cm³/mol. The molecule has 4 nitrogen and oxygen atoms in total. The molecule has 0 aliphatic carbocycles. The van der Waals surface area contributed by atoms with Crippen molar-refractivity contribution in [1.29, 1.82) is 0 Å². The molecule has 0 bridgehead atoms. The molecule has 1 aromatic carbocycles. The second-order valence-corrected chi connectivity index (χ2v) is 5.65. The molecule has 19 heavy (non-hydrogen) atoms. The van der Waals surface area contributed by atoms with Gasteiger partial charge in [-0.05, 0) is 32.8 Å². The van der Waals surface area contributed by atoms with E-state index in [0.29, 0.717) is 6.42 Å². The van der Waals surface area contributed by atoms with E-state index in [1.54, 1.807) is 0 Å². The highest BCUT2D eigenvalue weighted by Gasteiger charge is 2.16. The van der Waals surface area contributed by atoms with Crippen LogP contribution in [-0.2, 0) is 4.79 Å². The van der Waals surface area contributed by atoms with Crippen molar-refractivity contribution in [2.24, 2.45) is 0 Å². The van der Waals surface area contributed by atoms with Crippen LogP contribution in [0.25, 0.3) is 0 Å². The van der Waals surface area contributed by atoms with E-state index < -0.39 is 0 Å². The second kappa shape index (κ2) is 7.26. The fourth-order valence-electron chi connectivity index (χ4n) is 1.88. The molecule has 0 saturated heterocycles. The van der Waals surface area contributed by atoms with Crippen LogP contribution in [0.5, 0.6) is 0 Å². The Labute approximate surface area is 115 Å². The molecular formula is C15H24N2O2. The number of amides is 1. The van der Waals surface area contributed by atoms with Crippen LogP contribution in [0.4, 0.5) is 0 Å². The van der Waals surface area contributed by atoms with Gasteiger partial charge in [-0.1, -0.05) is 30.3 Å². The highest BCUT2D eigenvalue weighted by Crippen LogP contribution is 2.15. The van der Waals surface area contributed by atoms with E-state index >= 15 is 0 Å². The van der Waals surface area contributed by atoms with Crippen molar-refractivity contribution < 1.29 is 9.90 Å². The van der Waals surface area contributed by atoms with Gasteiger partial charge in [0.1, 0.15) is 0 Å². The highest BCUT2D eigenvalue weighted by atomic mass is 16.3. The average Bonchev–Trinajstić information content (AvgIpc) is 2.33. The number of hydrogen-bond acceptors (Lipinski definition) is 3. The largest absolute Gasteiger partial charge is 0.396 e. The first kappa shape index (κ1) is 15.7. The zero-order valence-corrected chi connectivity index (χ0v) is 11.9. The number of benzene rings is 1. The summed E-state index contributed by atoms with van der Waals surface area (Å²) in [5.74, 6) is -0.0358. The number of rotatable bonds is 6. The van der Waals surface area contributed by atoms with Gasteiger partial charge in [0.15, 0.2) is 0 Å². The second-order valence-electron chi connectivity index (χ2n) is 5.65. The van der Waals surface area contributed by atoms with Crippen molar-refractivity contribution in [3.63, 3.8) is 0 Å². The van der Waals surface area contributed by atoms with Gasteiger partial charge in [-0.25, -0.2) is 0 Å². The molecule has 1 rings (SSSR count). The number of hydrogen-bond donors (Lipinski definition) is 3. The van der Waals surface area contributed by atoms with Gasteiger partial charge in [0.05, 0.1) is 6.54 Å². The van der Waals surface area contributed by atoms with Crippen LogP contribution in [0.3, 0.4) is 0 Å². The van der Waals surface area contributed by atoms with Crippen molar-refractivity contribution in [3.8, 4) is 0 Å². The van der Waals surface area contributed by atoms with E-state index in [2.05, 4.69) is 10.6 Å².